The second-order valence-electron chi connectivity index (χ2n) is 6.41. The Hall–Kier alpha value is -3.80. The van der Waals surface area contributed by atoms with Crippen LogP contribution >= 0.6 is 0 Å². The molecule has 5 aromatic rings. The lowest BCUT2D eigenvalue weighted by Crippen LogP contribution is -2.15. The third kappa shape index (κ3) is 2.42. The molecule has 3 N–H and O–H groups in total. The van der Waals surface area contributed by atoms with Gasteiger partial charge in [0, 0.05) is 12.6 Å². The molecule has 0 bridgehead atoms. The lowest BCUT2D eigenvalue weighted by atomic mass is 10.0. The molecule has 6 nitrogen and oxygen atoms in total. The number of imidazole rings is 2. The van der Waals surface area contributed by atoms with Crippen LogP contribution in [0.5, 0.6) is 0 Å². The van der Waals surface area contributed by atoms with Gasteiger partial charge in [-0.1, -0.05) is 36.4 Å². The fourth-order valence-electron chi connectivity index (χ4n) is 3.54. The lowest BCUT2D eigenvalue weighted by molar-refractivity contribution is 0.995. The molecule has 5 rings (SSSR count). The first-order chi connectivity index (χ1) is 13.2. The van der Waals surface area contributed by atoms with E-state index in [0.717, 1.165) is 38.8 Å². The van der Waals surface area contributed by atoms with E-state index in [1.54, 1.807) is 17.9 Å². The lowest BCUT2D eigenvalue weighted by Gasteiger charge is -2.11. The summed E-state index contributed by atoms with van der Waals surface area (Å²) in [5.74, 6) is 0.681. The van der Waals surface area contributed by atoms with Gasteiger partial charge >= 0.3 is 5.69 Å². The van der Waals surface area contributed by atoms with E-state index in [0.29, 0.717) is 5.82 Å². The van der Waals surface area contributed by atoms with Gasteiger partial charge < -0.3 is 10.3 Å². The minimum atomic E-state index is -0.193. The van der Waals surface area contributed by atoms with Crippen LogP contribution in [0.2, 0.25) is 0 Å². The summed E-state index contributed by atoms with van der Waals surface area (Å²) in [4.78, 5) is 23.0. The summed E-state index contributed by atoms with van der Waals surface area (Å²) in [5.41, 5.74) is 4.09. The van der Waals surface area contributed by atoms with Gasteiger partial charge in [0.1, 0.15) is 5.82 Å². The standard InChI is InChI=1S/C21H17N5O/c1-22-20-19(15-7-6-13-4-2-3-5-14(13)10-15)26(21(27)25-20)16-8-9-17-18(11-16)24-12-23-17/h2-12,22H,1H3,(H,23,24)(H,25,27). The maximum absolute atomic E-state index is 12.8. The van der Waals surface area contributed by atoms with Gasteiger partial charge in [-0.2, -0.15) is 0 Å². The Bertz CT molecular complexity index is 1340. The molecule has 0 atom stereocenters. The molecule has 0 aliphatic carbocycles. The Morgan fingerprint density at radius 1 is 1.00 bits per heavy atom. The number of nitrogens with zero attached hydrogens (tertiary/aromatic N) is 2. The van der Waals surface area contributed by atoms with E-state index in [2.05, 4.69) is 44.5 Å². The van der Waals surface area contributed by atoms with Crippen LogP contribution in [0.1, 0.15) is 0 Å². The van der Waals surface area contributed by atoms with Crippen molar-refractivity contribution in [3.05, 3.63) is 77.5 Å². The van der Waals surface area contributed by atoms with Crippen molar-refractivity contribution >= 4 is 27.6 Å². The van der Waals surface area contributed by atoms with Crippen LogP contribution in [0.3, 0.4) is 0 Å². The molecular weight excluding hydrogens is 338 g/mol. The smallest absolute Gasteiger partial charge is 0.332 e. The van der Waals surface area contributed by atoms with Crippen molar-refractivity contribution in [3.63, 3.8) is 0 Å². The Balaban J connectivity index is 1.79. The average Bonchev–Trinajstić information content (AvgIpc) is 3.30. The molecule has 132 valence electrons. The van der Waals surface area contributed by atoms with Crippen molar-refractivity contribution in [2.45, 2.75) is 0 Å². The highest BCUT2D eigenvalue weighted by Gasteiger charge is 2.17. The zero-order chi connectivity index (χ0) is 18.4. The van der Waals surface area contributed by atoms with Crippen LogP contribution in [-0.2, 0) is 0 Å². The minimum absolute atomic E-state index is 0.193. The van der Waals surface area contributed by atoms with Crippen molar-refractivity contribution in [1.29, 1.82) is 0 Å². The van der Waals surface area contributed by atoms with Gasteiger partial charge in [0.05, 0.1) is 28.7 Å². The summed E-state index contributed by atoms with van der Waals surface area (Å²) in [6, 6.07) is 20.1. The van der Waals surface area contributed by atoms with Crippen molar-refractivity contribution in [1.82, 2.24) is 19.5 Å². The predicted molar refractivity (Wildman–Crippen MR) is 109 cm³/mol. The van der Waals surface area contributed by atoms with Gasteiger partial charge in [0.15, 0.2) is 0 Å². The molecule has 2 heterocycles. The third-order valence-electron chi connectivity index (χ3n) is 4.83. The molecule has 0 radical (unpaired) electrons. The summed E-state index contributed by atoms with van der Waals surface area (Å²) in [6.45, 7) is 0. The van der Waals surface area contributed by atoms with E-state index in [-0.39, 0.29) is 5.69 Å². The van der Waals surface area contributed by atoms with E-state index in [1.807, 2.05) is 36.4 Å². The molecule has 27 heavy (non-hydrogen) atoms. The van der Waals surface area contributed by atoms with Gasteiger partial charge in [-0.3, -0.25) is 9.55 Å². The maximum atomic E-state index is 12.8. The topological polar surface area (TPSA) is 78.5 Å². The molecule has 0 spiro atoms. The second-order valence-corrected chi connectivity index (χ2v) is 6.41. The molecule has 0 fully saturated rings. The van der Waals surface area contributed by atoms with Crippen molar-refractivity contribution in [2.75, 3.05) is 12.4 Å². The van der Waals surface area contributed by atoms with Crippen LogP contribution in [0.4, 0.5) is 5.82 Å². The average molecular weight is 355 g/mol. The molecule has 2 aromatic heterocycles. The number of rotatable bonds is 3. The summed E-state index contributed by atoms with van der Waals surface area (Å²) in [6.07, 6.45) is 1.65. The SMILES string of the molecule is CNc1[nH]c(=O)n(-c2ccc3nc[nH]c3c2)c1-c1ccc2ccccc2c1. The number of hydrogen-bond donors (Lipinski definition) is 3. The number of hydrogen-bond acceptors (Lipinski definition) is 3. The fraction of sp³-hybridized carbons (Fsp3) is 0.0476. The number of H-pyrrole nitrogens is 2. The Labute approximate surface area is 154 Å². The highest BCUT2D eigenvalue weighted by molar-refractivity contribution is 5.89. The molecule has 0 saturated heterocycles. The van der Waals surface area contributed by atoms with Crippen molar-refractivity contribution in [2.24, 2.45) is 0 Å². The normalized spacial score (nSPS) is 11.3. The number of nitrogens with one attached hydrogen (secondary N) is 3. The number of benzene rings is 3. The molecule has 0 aliphatic rings. The van der Waals surface area contributed by atoms with Crippen LogP contribution in [0.15, 0.2) is 71.8 Å². The first-order valence-electron chi connectivity index (χ1n) is 8.70. The molecular formula is C21H17N5O. The number of anilines is 1. The second kappa shape index (κ2) is 5.88. The zero-order valence-electron chi connectivity index (χ0n) is 14.7. The Morgan fingerprint density at radius 2 is 1.85 bits per heavy atom. The molecule has 0 aliphatic heterocycles. The summed E-state index contributed by atoms with van der Waals surface area (Å²) < 4.78 is 1.69. The largest absolute Gasteiger partial charge is 0.373 e. The highest BCUT2D eigenvalue weighted by atomic mass is 16.1. The van der Waals surface area contributed by atoms with E-state index in [4.69, 9.17) is 0 Å². The first kappa shape index (κ1) is 15.5. The van der Waals surface area contributed by atoms with Crippen LogP contribution in [0.25, 0.3) is 38.8 Å². The fourth-order valence-corrected chi connectivity index (χ4v) is 3.54. The zero-order valence-corrected chi connectivity index (χ0v) is 14.7. The molecule has 3 aromatic carbocycles. The quantitative estimate of drug-likeness (QED) is 0.459. The molecule has 0 amide bonds. The monoisotopic (exact) mass is 355 g/mol. The Morgan fingerprint density at radius 3 is 2.70 bits per heavy atom. The molecule has 0 saturated carbocycles. The number of aromatic nitrogens is 4. The van der Waals surface area contributed by atoms with Crippen LogP contribution < -0.4 is 11.0 Å². The van der Waals surface area contributed by atoms with Gasteiger partial charge in [-0.15, -0.1) is 0 Å². The van der Waals surface area contributed by atoms with Crippen LogP contribution in [0, 0.1) is 0 Å². The van der Waals surface area contributed by atoms with E-state index < -0.39 is 0 Å². The van der Waals surface area contributed by atoms with Crippen molar-refractivity contribution < 1.29 is 0 Å². The maximum Gasteiger partial charge on any atom is 0.332 e. The van der Waals surface area contributed by atoms with E-state index in [1.165, 1.54) is 0 Å². The summed E-state index contributed by atoms with van der Waals surface area (Å²) in [5, 5.41) is 5.40. The van der Waals surface area contributed by atoms with Gasteiger partial charge in [0.25, 0.3) is 0 Å². The minimum Gasteiger partial charge on any atom is -0.373 e. The highest BCUT2D eigenvalue weighted by Crippen LogP contribution is 2.31. The molecule has 0 unspecified atom stereocenters. The number of aromatic amines is 2. The van der Waals surface area contributed by atoms with E-state index >= 15 is 0 Å². The van der Waals surface area contributed by atoms with E-state index in [9.17, 15) is 4.79 Å². The summed E-state index contributed by atoms with van der Waals surface area (Å²) in [7, 11) is 1.80. The first-order valence-corrected chi connectivity index (χ1v) is 8.70. The summed E-state index contributed by atoms with van der Waals surface area (Å²) >= 11 is 0. The molecule has 6 heteroatoms. The Kier molecular flexibility index (Phi) is 3.36. The number of fused-ring (bicyclic) bond motifs is 2. The van der Waals surface area contributed by atoms with Crippen molar-refractivity contribution in [3.8, 4) is 16.9 Å². The van der Waals surface area contributed by atoms with Gasteiger partial charge in [-0.25, -0.2) is 9.78 Å². The third-order valence-corrected chi connectivity index (χ3v) is 4.83. The van der Waals surface area contributed by atoms with Gasteiger partial charge in [-0.05, 0) is 35.0 Å². The van der Waals surface area contributed by atoms with Crippen LogP contribution in [-0.4, -0.2) is 26.6 Å². The van der Waals surface area contributed by atoms with Gasteiger partial charge in [0.2, 0.25) is 0 Å². The predicted octanol–water partition coefficient (Wildman–Crippen LogP) is 3.90.